The summed E-state index contributed by atoms with van der Waals surface area (Å²) in [6, 6.07) is 4.84. The zero-order chi connectivity index (χ0) is 12.7. The summed E-state index contributed by atoms with van der Waals surface area (Å²) in [5.74, 6) is -0.168. The van der Waals surface area contributed by atoms with E-state index in [9.17, 15) is 9.90 Å². The standard InChI is InChI=1S/C12H12N2O4/c15-6-1-2-7-8(5-6)14-11(13-7)9-3-4-10(18-9)12(16)17/h1-2,5,9-10,15H,3-4H2,(H,13,14)(H,16,17). The van der Waals surface area contributed by atoms with Crippen molar-refractivity contribution in [2.45, 2.75) is 25.0 Å². The molecule has 2 unspecified atom stereocenters. The monoisotopic (exact) mass is 248 g/mol. The molecule has 2 atom stereocenters. The zero-order valence-corrected chi connectivity index (χ0v) is 9.46. The molecule has 2 aromatic rings. The highest BCUT2D eigenvalue weighted by Gasteiger charge is 2.33. The fourth-order valence-corrected chi connectivity index (χ4v) is 2.19. The first kappa shape index (κ1) is 11.0. The lowest BCUT2D eigenvalue weighted by Gasteiger charge is -2.07. The van der Waals surface area contributed by atoms with E-state index in [-0.39, 0.29) is 11.9 Å². The quantitative estimate of drug-likeness (QED) is 0.749. The molecule has 18 heavy (non-hydrogen) atoms. The van der Waals surface area contributed by atoms with Gasteiger partial charge in [0.1, 0.15) is 17.7 Å². The number of rotatable bonds is 2. The number of hydrogen-bond donors (Lipinski definition) is 3. The third-order valence-electron chi connectivity index (χ3n) is 3.08. The Labute approximate surface area is 102 Å². The minimum Gasteiger partial charge on any atom is -0.508 e. The third kappa shape index (κ3) is 1.80. The second kappa shape index (κ2) is 3.99. The molecule has 1 saturated heterocycles. The van der Waals surface area contributed by atoms with Gasteiger partial charge in [-0.1, -0.05) is 0 Å². The van der Waals surface area contributed by atoms with Crippen LogP contribution in [0.4, 0.5) is 0 Å². The Morgan fingerprint density at radius 3 is 3.00 bits per heavy atom. The Kier molecular flexibility index (Phi) is 2.45. The summed E-state index contributed by atoms with van der Waals surface area (Å²) in [5, 5.41) is 18.2. The second-order valence-corrected chi connectivity index (χ2v) is 4.35. The highest BCUT2D eigenvalue weighted by Crippen LogP contribution is 2.32. The summed E-state index contributed by atoms with van der Waals surface area (Å²) in [7, 11) is 0. The molecule has 0 aliphatic carbocycles. The number of aromatic amines is 1. The van der Waals surface area contributed by atoms with E-state index in [2.05, 4.69) is 9.97 Å². The minimum absolute atomic E-state index is 0.161. The van der Waals surface area contributed by atoms with Crippen molar-refractivity contribution in [1.29, 1.82) is 0 Å². The maximum absolute atomic E-state index is 10.8. The summed E-state index contributed by atoms with van der Waals surface area (Å²) in [5.41, 5.74) is 1.44. The van der Waals surface area contributed by atoms with Crippen molar-refractivity contribution in [2.75, 3.05) is 0 Å². The third-order valence-corrected chi connectivity index (χ3v) is 3.08. The van der Waals surface area contributed by atoms with Gasteiger partial charge < -0.3 is 19.9 Å². The fraction of sp³-hybridized carbons (Fsp3) is 0.333. The van der Waals surface area contributed by atoms with Gasteiger partial charge in [0.25, 0.3) is 0 Å². The van der Waals surface area contributed by atoms with Crippen LogP contribution in [-0.2, 0) is 9.53 Å². The number of ether oxygens (including phenoxy) is 1. The molecular weight excluding hydrogens is 236 g/mol. The topological polar surface area (TPSA) is 95.4 Å². The lowest BCUT2D eigenvalue weighted by atomic mass is 10.2. The summed E-state index contributed by atoms with van der Waals surface area (Å²) in [4.78, 5) is 18.2. The molecule has 1 aromatic carbocycles. The summed E-state index contributed by atoms with van der Waals surface area (Å²) < 4.78 is 5.41. The predicted octanol–water partition coefficient (Wildman–Crippen LogP) is 1.57. The molecule has 0 amide bonds. The number of carboxylic acids is 1. The Bertz CT molecular complexity index is 607. The predicted molar refractivity (Wildman–Crippen MR) is 62.2 cm³/mol. The molecule has 1 fully saturated rings. The van der Waals surface area contributed by atoms with Crippen LogP contribution in [0.1, 0.15) is 24.8 Å². The van der Waals surface area contributed by atoms with Crippen LogP contribution in [0.15, 0.2) is 18.2 Å². The van der Waals surface area contributed by atoms with Crippen molar-refractivity contribution >= 4 is 17.0 Å². The molecule has 94 valence electrons. The number of nitrogens with one attached hydrogen (secondary N) is 1. The van der Waals surface area contributed by atoms with E-state index < -0.39 is 12.1 Å². The first-order valence-electron chi connectivity index (χ1n) is 5.70. The number of aliphatic carboxylic acids is 1. The second-order valence-electron chi connectivity index (χ2n) is 4.35. The smallest absolute Gasteiger partial charge is 0.332 e. The van der Waals surface area contributed by atoms with Crippen molar-refractivity contribution in [3.8, 4) is 5.75 Å². The Hall–Kier alpha value is -2.08. The number of benzene rings is 1. The van der Waals surface area contributed by atoms with Crippen LogP contribution in [0, 0.1) is 0 Å². The Morgan fingerprint density at radius 2 is 2.28 bits per heavy atom. The lowest BCUT2D eigenvalue weighted by Crippen LogP contribution is -2.18. The van der Waals surface area contributed by atoms with Gasteiger partial charge in [-0.2, -0.15) is 0 Å². The molecule has 2 heterocycles. The van der Waals surface area contributed by atoms with E-state index >= 15 is 0 Å². The van der Waals surface area contributed by atoms with E-state index in [1.54, 1.807) is 18.2 Å². The van der Waals surface area contributed by atoms with Gasteiger partial charge in [-0.15, -0.1) is 0 Å². The van der Waals surface area contributed by atoms with E-state index in [4.69, 9.17) is 9.84 Å². The van der Waals surface area contributed by atoms with Crippen molar-refractivity contribution in [3.63, 3.8) is 0 Å². The van der Waals surface area contributed by atoms with Crippen LogP contribution in [0.3, 0.4) is 0 Å². The maximum atomic E-state index is 10.8. The number of aromatic hydroxyl groups is 1. The minimum atomic E-state index is -0.939. The molecule has 1 aliphatic heterocycles. The van der Waals surface area contributed by atoms with Gasteiger partial charge in [0, 0.05) is 6.07 Å². The Balaban J connectivity index is 1.89. The SMILES string of the molecule is O=C(O)C1CCC(c2nc3ccc(O)cc3[nH]2)O1. The van der Waals surface area contributed by atoms with Crippen LogP contribution in [0.2, 0.25) is 0 Å². The van der Waals surface area contributed by atoms with Gasteiger partial charge in [-0.3, -0.25) is 0 Å². The molecule has 0 saturated carbocycles. The molecule has 3 N–H and O–H groups in total. The number of phenolic OH excluding ortho intramolecular Hbond substituents is 1. The number of aromatic nitrogens is 2. The summed E-state index contributed by atoms with van der Waals surface area (Å²) in [6.07, 6.45) is 0.0442. The first-order valence-corrected chi connectivity index (χ1v) is 5.70. The molecular formula is C12H12N2O4. The highest BCUT2D eigenvalue weighted by molar-refractivity contribution is 5.77. The van der Waals surface area contributed by atoms with Crippen molar-refractivity contribution in [3.05, 3.63) is 24.0 Å². The van der Waals surface area contributed by atoms with Gasteiger partial charge in [0.05, 0.1) is 11.0 Å². The Morgan fingerprint density at radius 1 is 1.44 bits per heavy atom. The maximum Gasteiger partial charge on any atom is 0.332 e. The summed E-state index contributed by atoms with van der Waals surface area (Å²) >= 11 is 0. The zero-order valence-electron chi connectivity index (χ0n) is 9.46. The van der Waals surface area contributed by atoms with Crippen LogP contribution in [0.5, 0.6) is 5.75 Å². The van der Waals surface area contributed by atoms with Gasteiger partial charge in [-0.05, 0) is 25.0 Å². The molecule has 6 nitrogen and oxygen atoms in total. The molecule has 3 rings (SSSR count). The largest absolute Gasteiger partial charge is 0.508 e. The number of fused-ring (bicyclic) bond motifs is 1. The number of carbonyl (C=O) groups is 1. The van der Waals surface area contributed by atoms with Crippen LogP contribution in [-0.4, -0.2) is 32.3 Å². The van der Waals surface area contributed by atoms with Crippen molar-refractivity contribution in [1.82, 2.24) is 9.97 Å². The molecule has 1 aliphatic rings. The van der Waals surface area contributed by atoms with E-state index in [0.717, 1.165) is 5.52 Å². The fourth-order valence-electron chi connectivity index (χ4n) is 2.19. The average Bonchev–Trinajstić information content (AvgIpc) is 2.93. The van der Waals surface area contributed by atoms with Gasteiger partial charge in [0.15, 0.2) is 6.10 Å². The number of phenols is 1. The number of hydrogen-bond acceptors (Lipinski definition) is 4. The van der Waals surface area contributed by atoms with Gasteiger partial charge in [0.2, 0.25) is 0 Å². The van der Waals surface area contributed by atoms with Crippen LogP contribution in [0.25, 0.3) is 11.0 Å². The van der Waals surface area contributed by atoms with Crippen molar-refractivity contribution < 1.29 is 19.7 Å². The van der Waals surface area contributed by atoms with Crippen LogP contribution < -0.4 is 0 Å². The number of H-pyrrole nitrogens is 1. The van der Waals surface area contributed by atoms with E-state index in [0.29, 0.717) is 24.2 Å². The normalized spacial score (nSPS) is 23.6. The van der Waals surface area contributed by atoms with Crippen LogP contribution >= 0.6 is 0 Å². The average molecular weight is 248 g/mol. The van der Waals surface area contributed by atoms with Crippen molar-refractivity contribution in [2.24, 2.45) is 0 Å². The highest BCUT2D eigenvalue weighted by atomic mass is 16.5. The summed E-state index contributed by atoms with van der Waals surface area (Å²) in [6.45, 7) is 0. The molecule has 0 bridgehead atoms. The lowest BCUT2D eigenvalue weighted by molar-refractivity contribution is -0.149. The molecule has 0 radical (unpaired) electrons. The first-order chi connectivity index (χ1) is 8.63. The van der Waals surface area contributed by atoms with Gasteiger partial charge in [-0.25, -0.2) is 9.78 Å². The number of carboxylic acid groups (broad SMARTS) is 1. The number of nitrogens with zero attached hydrogens (tertiary/aromatic N) is 1. The molecule has 0 spiro atoms. The van der Waals surface area contributed by atoms with Gasteiger partial charge >= 0.3 is 5.97 Å². The number of imidazole rings is 1. The van der Waals surface area contributed by atoms with E-state index in [1.807, 2.05) is 0 Å². The molecule has 1 aromatic heterocycles. The van der Waals surface area contributed by atoms with E-state index in [1.165, 1.54) is 0 Å². The molecule has 6 heteroatoms.